The van der Waals surface area contributed by atoms with Gasteiger partial charge in [0.2, 0.25) is 5.82 Å². The average Bonchev–Trinajstić information content (AvgIpc) is 3.64. The van der Waals surface area contributed by atoms with Gasteiger partial charge in [0.25, 0.3) is 5.91 Å². The molecule has 0 saturated carbocycles. The minimum absolute atomic E-state index is 0.000991. The number of para-hydroxylation sites is 1. The van der Waals surface area contributed by atoms with E-state index in [1.165, 1.54) is 32.7 Å². The number of pyridine rings is 1. The van der Waals surface area contributed by atoms with Crippen molar-refractivity contribution in [1.29, 1.82) is 0 Å². The number of rotatable bonds is 12. The zero-order chi connectivity index (χ0) is 29.7. The maximum atomic E-state index is 13.8. The average molecular weight is 602 g/mol. The van der Waals surface area contributed by atoms with E-state index in [2.05, 4.69) is 15.2 Å². The number of aromatic nitrogens is 4. The molecule has 13 heteroatoms. The van der Waals surface area contributed by atoms with Crippen molar-refractivity contribution in [3.05, 3.63) is 71.0 Å². The number of hydrogen-bond donors (Lipinski definition) is 0. The van der Waals surface area contributed by atoms with E-state index in [0.717, 1.165) is 0 Å². The standard InChI is InChI=1S/C28H32ClN5O6S/c1-6-33(7-2)28(35)20-15-19(29)16-30-21(20)14-18(3)41(36,37)17-25-31-32-27(24-12-9-13-40-24)34(25)26-22(38-4)10-8-11-23(26)39-5/h8-13,15-16,18H,6-7,14,17H2,1-5H3/t18-/m0/s1. The van der Waals surface area contributed by atoms with Gasteiger partial charge in [-0.15, -0.1) is 10.2 Å². The summed E-state index contributed by atoms with van der Waals surface area (Å²) in [5.41, 5.74) is 1.06. The normalized spacial score (nSPS) is 12.2. The van der Waals surface area contributed by atoms with Crippen molar-refractivity contribution in [2.24, 2.45) is 0 Å². The zero-order valence-corrected chi connectivity index (χ0v) is 25.1. The maximum Gasteiger partial charge on any atom is 0.255 e. The Morgan fingerprint density at radius 2 is 1.78 bits per heavy atom. The third kappa shape index (κ3) is 6.23. The lowest BCUT2D eigenvalue weighted by Crippen LogP contribution is -2.32. The number of carbonyl (C=O) groups excluding carboxylic acids is 1. The summed E-state index contributed by atoms with van der Waals surface area (Å²) in [5.74, 6) is 0.928. The number of nitrogens with zero attached hydrogens (tertiary/aromatic N) is 5. The summed E-state index contributed by atoms with van der Waals surface area (Å²) in [4.78, 5) is 19.1. The summed E-state index contributed by atoms with van der Waals surface area (Å²) >= 11 is 6.16. The van der Waals surface area contributed by atoms with Crippen LogP contribution in [-0.2, 0) is 22.0 Å². The lowest BCUT2D eigenvalue weighted by molar-refractivity contribution is 0.0771. The summed E-state index contributed by atoms with van der Waals surface area (Å²) in [6.07, 6.45) is 2.90. The maximum absolute atomic E-state index is 13.8. The van der Waals surface area contributed by atoms with Crippen LogP contribution in [-0.4, -0.2) is 71.5 Å². The molecule has 11 nitrogen and oxygen atoms in total. The molecule has 0 N–H and O–H groups in total. The van der Waals surface area contributed by atoms with Gasteiger partial charge in [0.05, 0.1) is 42.0 Å². The number of benzene rings is 1. The van der Waals surface area contributed by atoms with Crippen molar-refractivity contribution in [2.75, 3.05) is 27.3 Å². The molecule has 0 radical (unpaired) electrons. The van der Waals surface area contributed by atoms with E-state index in [0.29, 0.717) is 46.8 Å². The van der Waals surface area contributed by atoms with Crippen molar-refractivity contribution < 1.29 is 27.1 Å². The smallest absolute Gasteiger partial charge is 0.255 e. The van der Waals surface area contributed by atoms with Gasteiger partial charge in [-0.2, -0.15) is 0 Å². The Hall–Kier alpha value is -3.90. The van der Waals surface area contributed by atoms with E-state index in [9.17, 15) is 13.2 Å². The molecule has 4 aromatic rings. The predicted molar refractivity (Wildman–Crippen MR) is 154 cm³/mol. The van der Waals surface area contributed by atoms with Crippen LogP contribution < -0.4 is 9.47 Å². The molecule has 0 unspecified atom stereocenters. The van der Waals surface area contributed by atoms with Crippen LogP contribution in [0.15, 0.2) is 53.3 Å². The van der Waals surface area contributed by atoms with Crippen LogP contribution in [0.4, 0.5) is 0 Å². The third-order valence-corrected chi connectivity index (χ3v) is 9.00. The molecule has 0 saturated heterocycles. The molecule has 1 amide bonds. The molecule has 0 aliphatic carbocycles. The second kappa shape index (κ2) is 12.7. The molecule has 3 heterocycles. The Balaban J connectivity index is 1.74. The molecule has 0 aliphatic heterocycles. The summed E-state index contributed by atoms with van der Waals surface area (Å²) < 4.78 is 45.9. The second-order valence-corrected chi connectivity index (χ2v) is 12.1. The lowest BCUT2D eigenvalue weighted by Gasteiger charge is -2.21. The van der Waals surface area contributed by atoms with Gasteiger partial charge in [0.15, 0.2) is 21.4 Å². The Labute approximate surface area is 244 Å². The number of methoxy groups -OCH3 is 2. The van der Waals surface area contributed by atoms with E-state index < -0.39 is 20.8 Å². The largest absolute Gasteiger partial charge is 0.494 e. The molecule has 0 spiro atoms. The summed E-state index contributed by atoms with van der Waals surface area (Å²) in [6, 6.07) is 10.1. The first kappa shape index (κ1) is 30.1. The number of ether oxygens (including phenoxy) is 2. The molecule has 4 rings (SSSR count). The summed E-state index contributed by atoms with van der Waals surface area (Å²) in [6.45, 7) is 6.31. The lowest BCUT2D eigenvalue weighted by atomic mass is 10.1. The molecular formula is C28H32ClN5O6S. The number of furan rings is 1. The van der Waals surface area contributed by atoms with Crippen molar-refractivity contribution in [2.45, 2.75) is 38.2 Å². The molecule has 0 bridgehead atoms. The van der Waals surface area contributed by atoms with Crippen LogP contribution in [0.1, 0.15) is 42.6 Å². The highest BCUT2D eigenvalue weighted by molar-refractivity contribution is 7.91. The highest BCUT2D eigenvalue weighted by atomic mass is 35.5. The monoisotopic (exact) mass is 601 g/mol. The number of carbonyl (C=O) groups is 1. The molecular weight excluding hydrogens is 570 g/mol. The first-order chi connectivity index (χ1) is 19.6. The fourth-order valence-electron chi connectivity index (χ4n) is 4.48. The molecule has 0 aliphatic rings. The van der Waals surface area contributed by atoms with E-state index in [4.69, 9.17) is 25.5 Å². The second-order valence-electron chi connectivity index (χ2n) is 9.21. The topological polar surface area (TPSA) is 130 Å². The molecule has 0 fully saturated rings. The van der Waals surface area contributed by atoms with E-state index in [1.54, 1.807) is 46.7 Å². The van der Waals surface area contributed by atoms with Crippen LogP contribution in [0, 0.1) is 0 Å². The van der Waals surface area contributed by atoms with Crippen LogP contribution >= 0.6 is 11.6 Å². The van der Waals surface area contributed by atoms with Gasteiger partial charge in [-0.1, -0.05) is 17.7 Å². The molecule has 1 atom stereocenters. The van der Waals surface area contributed by atoms with Crippen LogP contribution in [0.5, 0.6) is 11.5 Å². The summed E-state index contributed by atoms with van der Waals surface area (Å²) in [7, 11) is -0.846. The zero-order valence-electron chi connectivity index (χ0n) is 23.5. The minimum Gasteiger partial charge on any atom is -0.494 e. The van der Waals surface area contributed by atoms with E-state index in [-0.39, 0.29) is 29.5 Å². The highest BCUT2D eigenvalue weighted by Gasteiger charge is 2.31. The summed E-state index contributed by atoms with van der Waals surface area (Å²) in [5, 5.41) is 7.89. The van der Waals surface area contributed by atoms with Crippen LogP contribution in [0.3, 0.4) is 0 Å². The van der Waals surface area contributed by atoms with E-state index >= 15 is 0 Å². The molecule has 218 valence electrons. The van der Waals surface area contributed by atoms with Crippen molar-refractivity contribution in [1.82, 2.24) is 24.6 Å². The fraction of sp³-hybridized carbons (Fsp3) is 0.357. The Morgan fingerprint density at radius 3 is 2.37 bits per heavy atom. The SMILES string of the molecule is CCN(CC)C(=O)c1cc(Cl)cnc1C[C@H](C)S(=O)(=O)Cc1nnc(-c2ccco2)n1-c1c(OC)cccc1OC. The van der Waals surface area contributed by atoms with Gasteiger partial charge in [-0.25, -0.2) is 8.42 Å². The van der Waals surface area contributed by atoms with Gasteiger partial charge in [0.1, 0.15) is 22.9 Å². The number of amides is 1. The van der Waals surface area contributed by atoms with Gasteiger partial charge in [0, 0.05) is 25.7 Å². The highest BCUT2D eigenvalue weighted by Crippen LogP contribution is 2.37. The Morgan fingerprint density at radius 1 is 1.10 bits per heavy atom. The van der Waals surface area contributed by atoms with Gasteiger partial charge < -0.3 is 18.8 Å². The molecule has 3 aromatic heterocycles. The number of halogens is 1. The first-order valence-electron chi connectivity index (χ1n) is 13.0. The van der Waals surface area contributed by atoms with Crippen LogP contribution in [0.2, 0.25) is 5.02 Å². The van der Waals surface area contributed by atoms with Crippen molar-refractivity contribution in [3.8, 4) is 28.8 Å². The van der Waals surface area contributed by atoms with Crippen molar-refractivity contribution in [3.63, 3.8) is 0 Å². The third-order valence-electron chi connectivity index (χ3n) is 6.74. The van der Waals surface area contributed by atoms with Crippen LogP contribution in [0.25, 0.3) is 17.3 Å². The predicted octanol–water partition coefficient (Wildman–Crippen LogP) is 4.62. The van der Waals surface area contributed by atoms with E-state index in [1.807, 2.05) is 13.8 Å². The first-order valence-corrected chi connectivity index (χ1v) is 15.1. The van der Waals surface area contributed by atoms with Gasteiger partial charge >= 0.3 is 0 Å². The molecule has 1 aromatic carbocycles. The quantitative estimate of drug-likeness (QED) is 0.228. The van der Waals surface area contributed by atoms with Gasteiger partial charge in [-0.05, 0) is 51.1 Å². The fourth-order valence-corrected chi connectivity index (χ4v) is 5.88. The number of sulfone groups is 1. The Kier molecular flexibility index (Phi) is 9.34. The Bertz CT molecular complexity index is 1590. The molecule has 41 heavy (non-hydrogen) atoms. The minimum atomic E-state index is -3.85. The van der Waals surface area contributed by atoms with Crippen molar-refractivity contribution >= 4 is 27.3 Å². The van der Waals surface area contributed by atoms with Gasteiger partial charge in [-0.3, -0.25) is 14.3 Å². The number of hydrogen-bond acceptors (Lipinski definition) is 9.